The van der Waals surface area contributed by atoms with Gasteiger partial charge in [0, 0.05) is 30.7 Å². The molecule has 0 radical (unpaired) electrons. The van der Waals surface area contributed by atoms with Gasteiger partial charge in [-0.2, -0.15) is 0 Å². The Balaban J connectivity index is 1.46. The van der Waals surface area contributed by atoms with E-state index in [0.717, 1.165) is 61.5 Å². The summed E-state index contributed by atoms with van der Waals surface area (Å²) in [5.74, 6) is 0.731. The van der Waals surface area contributed by atoms with E-state index in [2.05, 4.69) is 23.9 Å². The van der Waals surface area contributed by atoms with Crippen molar-refractivity contribution in [1.29, 1.82) is 0 Å². The van der Waals surface area contributed by atoms with Gasteiger partial charge in [0.05, 0.1) is 31.4 Å². The van der Waals surface area contributed by atoms with Crippen molar-refractivity contribution in [2.24, 2.45) is 0 Å². The zero-order valence-corrected chi connectivity index (χ0v) is 18.4. The first-order valence-corrected chi connectivity index (χ1v) is 10.8. The number of carbonyl (C=O) groups excluding carboxylic acids is 1. The molecule has 2 saturated heterocycles. The predicted octanol–water partition coefficient (Wildman–Crippen LogP) is 2.99. The molecule has 1 aromatic heterocycles. The second kappa shape index (κ2) is 8.96. The highest BCUT2D eigenvalue weighted by Crippen LogP contribution is 2.34. The maximum Gasteiger partial charge on any atom is 0.418 e. The number of fused-ring (bicyclic) bond motifs is 1. The van der Waals surface area contributed by atoms with E-state index in [1.165, 1.54) is 19.3 Å². The molecule has 4 rings (SSSR count). The highest BCUT2D eigenvalue weighted by molar-refractivity contribution is 5.92. The Bertz CT molecular complexity index is 888. The number of hydrogen-bond donors (Lipinski definition) is 0. The maximum atomic E-state index is 12.9. The van der Waals surface area contributed by atoms with E-state index < -0.39 is 0 Å². The molecule has 2 fully saturated rings. The molecule has 2 aliphatic rings. The van der Waals surface area contributed by atoms with E-state index in [0.29, 0.717) is 6.61 Å². The van der Waals surface area contributed by atoms with Crippen LogP contribution < -0.4 is 4.74 Å². The van der Waals surface area contributed by atoms with Gasteiger partial charge in [0.25, 0.3) is 0 Å². The topological polar surface area (TPSA) is 56.2 Å². The van der Waals surface area contributed by atoms with Crippen molar-refractivity contribution in [3.63, 3.8) is 0 Å². The molecule has 0 amide bonds. The molecule has 0 bridgehead atoms. The smallest absolute Gasteiger partial charge is 0.418 e. The third kappa shape index (κ3) is 4.19. The lowest BCUT2D eigenvalue weighted by Gasteiger charge is -2.52. The van der Waals surface area contributed by atoms with E-state index >= 15 is 0 Å². The van der Waals surface area contributed by atoms with Gasteiger partial charge in [-0.3, -0.25) is 9.47 Å². The summed E-state index contributed by atoms with van der Waals surface area (Å²) in [4.78, 5) is 17.5. The van der Waals surface area contributed by atoms with Crippen LogP contribution in [0, 0.1) is 0 Å². The lowest BCUT2D eigenvalue weighted by molar-refractivity contribution is -0.158. The van der Waals surface area contributed by atoms with Gasteiger partial charge < -0.3 is 19.1 Å². The highest BCUT2D eigenvalue weighted by atomic mass is 16.5. The quantitative estimate of drug-likeness (QED) is 0.693. The Hall–Kier alpha value is -2.09. The summed E-state index contributed by atoms with van der Waals surface area (Å²) in [5.41, 5.74) is 2.15. The van der Waals surface area contributed by atoms with Crippen LogP contribution in [0.1, 0.15) is 24.8 Å². The number of aromatic nitrogens is 1. The number of nitrogens with zero attached hydrogens (tertiary/aromatic N) is 3. The molecule has 0 atom stereocenters. The summed E-state index contributed by atoms with van der Waals surface area (Å²) in [5, 5.41) is 1.07. The fourth-order valence-electron chi connectivity index (χ4n) is 4.58. The summed E-state index contributed by atoms with van der Waals surface area (Å²) in [6.07, 6.45) is 6.09. The second-order valence-electron chi connectivity index (χ2n) is 8.74. The van der Waals surface area contributed by atoms with Crippen LogP contribution in [0.5, 0.6) is 5.75 Å². The number of likely N-dealkylation sites (tertiary alicyclic amines) is 1. The number of hydrogen-bond acceptors (Lipinski definition) is 6. The van der Waals surface area contributed by atoms with Crippen molar-refractivity contribution in [3.8, 4) is 5.75 Å². The minimum Gasteiger partial charge on any atom is -0.497 e. The van der Waals surface area contributed by atoms with Crippen LogP contribution in [-0.4, -0.2) is 86.7 Å². The molecule has 7 heteroatoms. The number of methoxy groups -OCH3 is 1. The van der Waals surface area contributed by atoms with Gasteiger partial charge in [0.2, 0.25) is 0 Å². The van der Waals surface area contributed by atoms with Gasteiger partial charge in [-0.1, -0.05) is 6.42 Å². The van der Waals surface area contributed by atoms with E-state index in [4.69, 9.17) is 14.2 Å². The van der Waals surface area contributed by atoms with Gasteiger partial charge in [-0.15, -0.1) is 0 Å². The Morgan fingerprint density at radius 3 is 2.80 bits per heavy atom. The minimum atomic E-state index is -0.333. The lowest BCUT2D eigenvalue weighted by atomic mass is 9.85. The molecule has 1 spiro atoms. The third-order valence-electron chi connectivity index (χ3n) is 6.44. The Kier molecular flexibility index (Phi) is 6.32. The molecule has 0 unspecified atom stereocenters. The molecule has 0 N–H and O–H groups in total. The van der Waals surface area contributed by atoms with Crippen molar-refractivity contribution >= 4 is 17.0 Å². The molecule has 7 nitrogen and oxygen atoms in total. The number of ether oxygens (including phenoxy) is 3. The highest BCUT2D eigenvalue weighted by Gasteiger charge is 2.45. The van der Waals surface area contributed by atoms with Crippen LogP contribution in [0.4, 0.5) is 4.79 Å². The van der Waals surface area contributed by atoms with Crippen molar-refractivity contribution in [3.05, 3.63) is 30.0 Å². The zero-order valence-electron chi connectivity index (χ0n) is 18.4. The molecule has 164 valence electrons. The Morgan fingerprint density at radius 1 is 1.27 bits per heavy atom. The van der Waals surface area contributed by atoms with Crippen LogP contribution in [0.2, 0.25) is 0 Å². The van der Waals surface area contributed by atoms with Crippen LogP contribution in [0.3, 0.4) is 0 Å². The number of likely N-dealkylation sites (N-methyl/N-ethyl adjacent to an activating group) is 1. The monoisotopic (exact) mass is 415 g/mol. The van der Waals surface area contributed by atoms with Crippen LogP contribution in [0.25, 0.3) is 10.9 Å². The molecule has 3 heterocycles. The van der Waals surface area contributed by atoms with Crippen molar-refractivity contribution in [2.45, 2.75) is 31.2 Å². The largest absolute Gasteiger partial charge is 0.497 e. The standard InChI is InChI=1S/C23H33N3O4/c1-24(2)11-8-18-15-26(21-14-19(28-3)6-7-20(18)21)22(27)30-13-12-25-10-5-4-9-23(25)16-29-17-23/h6-7,14-15H,4-5,8-13,16-17H2,1-3H3. The Morgan fingerprint density at radius 2 is 2.10 bits per heavy atom. The number of benzene rings is 1. The van der Waals surface area contributed by atoms with E-state index in [1.807, 2.05) is 24.4 Å². The average molecular weight is 416 g/mol. The minimum absolute atomic E-state index is 0.178. The number of rotatable bonds is 7. The number of piperidine rings is 1. The molecule has 0 saturated carbocycles. The molecular weight excluding hydrogens is 382 g/mol. The SMILES string of the molecule is COc1ccc2c(CCN(C)C)cn(C(=O)OCCN3CCCCC34COC4)c2c1. The molecule has 0 aliphatic carbocycles. The second-order valence-corrected chi connectivity index (χ2v) is 8.74. The van der Waals surface area contributed by atoms with Crippen LogP contribution in [-0.2, 0) is 15.9 Å². The Labute approximate surface area is 178 Å². The van der Waals surface area contributed by atoms with E-state index in [9.17, 15) is 4.79 Å². The first-order valence-electron chi connectivity index (χ1n) is 10.8. The van der Waals surface area contributed by atoms with Crippen LogP contribution in [0.15, 0.2) is 24.4 Å². The summed E-state index contributed by atoms with van der Waals surface area (Å²) < 4.78 is 18.2. The first-order chi connectivity index (χ1) is 14.5. The molecule has 30 heavy (non-hydrogen) atoms. The van der Waals surface area contributed by atoms with Gasteiger partial charge in [0.1, 0.15) is 12.4 Å². The molecule has 2 aromatic rings. The summed E-state index contributed by atoms with van der Waals surface area (Å²) in [7, 11) is 5.74. The zero-order chi connectivity index (χ0) is 21.1. The average Bonchev–Trinajstić information content (AvgIpc) is 3.09. The molecule has 2 aliphatic heterocycles. The predicted molar refractivity (Wildman–Crippen MR) is 116 cm³/mol. The van der Waals surface area contributed by atoms with Crippen molar-refractivity contribution in [1.82, 2.24) is 14.4 Å². The normalized spacial score (nSPS) is 18.7. The summed E-state index contributed by atoms with van der Waals surface area (Å²) >= 11 is 0. The fraction of sp³-hybridized carbons (Fsp3) is 0.609. The molecule has 1 aromatic carbocycles. The fourth-order valence-corrected chi connectivity index (χ4v) is 4.58. The first kappa shape index (κ1) is 21.2. The summed E-state index contributed by atoms with van der Waals surface area (Å²) in [6.45, 7) is 4.72. The lowest BCUT2D eigenvalue weighted by Crippen LogP contribution is -2.64. The van der Waals surface area contributed by atoms with Gasteiger partial charge >= 0.3 is 6.09 Å². The van der Waals surface area contributed by atoms with Gasteiger partial charge in [0.15, 0.2) is 0 Å². The van der Waals surface area contributed by atoms with Crippen molar-refractivity contribution in [2.75, 3.05) is 60.7 Å². The third-order valence-corrected chi connectivity index (χ3v) is 6.44. The number of carbonyl (C=O) groups is 1. The molecular formula is C23H33N3O4. The van der Waals surface area contributed by atoms with E-state index in [-0.39, 0.29) is 11.6 Å². The van der Waals surface area contributed by atoms with Gasteiger partial charge in [-0.05, 0) is 57.6 Å². The van der Waals surface area contributed by atoms with Crippen LogP contribution >= 0.6 is 0 Å². The van der Waals surface area contributed by atoms with E-state index in [1.54, 1.807) is 11.7 Å². The summed E-state index contributed by atoms with van der Waals surface area (Å²) in [6, 6.07) is 5.87. The van der Waals surface area contributed by atoms with Gasteiger partial charge in [-0.25, -0.2) is 4.79 Å². The maximum absolute atomic E-state index is 12.9. The van der Waals surface area contributed by atoms with Crippen molar-refractivity contribution < 1.29 is 19.0 Å².